The Morgan fingerprint density at radius 2 is 1.92 bits per heavy atom. The summed E-state index contributed by atoms with van der Waals surface area (Å²) >= 11 is 0. The van der Waals surface area contributed by atoms with Crippen LogP contribution in [0, 0.1) is 5.92 Å². The highest BCUT2D eigenvalue weighted by atomic mass is 32.2. The summed E-state index contributed by atoms with van der Waals surface area (Å²) in [4.78, 5) is 12.0. The fourth-order valence-electron chi connectivity index (χ4n) is 2.36. The number of aliphatic hydroxyl groups excluding tert-OH is 1. The lowest BCUT2D eigenvalue weighted by Gasteiger charge is -2.17. The standard InChI is InChI=1S/C17H27NO6S/c1-12(2)10-25(21,22)11-17(20)18-13(3)14-5-6-15(24-8-7-19)16(9-14)23-4/h5-6,9,12-13,19H,7-8,10-11H2,1-4H3,(H,18,20)/t13-/m1/s1. The molecule has 1 aromatic rings. The van der Waals surface area contributed by atoms with Gasteiger partial charge < -0.3 is 19.9 Å². The van der Waals surface area contributed by atoms with Crippen molar-refractivity contribution >= 4 is 15.7 Å². The summed E-state index contributed by atoms with van der Waals surface area (Å²) in [7, 11) is -1.93. The number of hydrogen-bond donors (Lipinski definition) is 2. The molecule has 7 nitrogen and oxygen atoms in total. The van der Waals surface area contributed by atoms with Crippen LogP contribution >= 0.6 is 0 Å². The van der Waals surface area contributed by atoms with Gasteiger partial charge >= 0.3 is 0 Å². The van der Waals surface area contributed by atoms with Crippen LogP contribution in [0.3, 0.4) is 0 Å². The molecule has 0 aromatic heterocycles. The number of sulfone groups is 1. The van der Waals surface area contributed by atoms with E-state index in [1.165, 1.54) is 7.11 Å². The summed E-state index contributed by atoms with van der Waals surface area (Å²) in [6, 6.07) is 4.76. The number of carbonyl (C=O) groups is 1. The molecule has 0 saturated carbocycles. The molecule has 0 aliphatic rings. The molecular formula is C17H27NO6S. The van der Waals surface area contributed by atoms with Crippen molar-refractivity contribution in [1.82, 2.24) is 5.32 Å². The van der Waals surface area contributed by atoms with E-state index in [1.54, 1.807) is 39.0 Å². The van der Waals surface area contributed by atoms with Crippen molar-refractivity contribution < 1.29 is 27.8 Å². The van der Waals surface area contributed by atoms with Gasteiger partial charge in [-0.1, -0.05) is 19.9 Å². The highest BCUT2D eigenvalue weighted by Crippen LogP contribution is 2.30. The zero-order chi connectivity index (χ0) is 19.0. The van der Waals surface area contributed by atoms with Crippen LogP contribution in [-0.4, -0.2) is 51.3 Å². The average molecular weight is 373 g/mol. The topological polar surface area (TPSA) is 102 Å². The van der Waals surface area contributed by atoms with E-state index >= 15 is 0 Å². The highest BCUT2D eigenvalue weighted by Gasteiger charge is 2.20. The van der Waals surface area contributed by atoms with Gasteiger partial charge in [-0.3, -0.25) is 4.79 Å². The quantitative estimate of drug-likeness (QED) is 0.641. The Hall–Kier alpha value is -1.80. The van der Waals surface area contributed by atoms with Crippen LogP contribution in [0.5, 0.6) is 11.5 Å². The van der Waals surface area contributed by atoms with Crippen LogP contribution in [-0.2, 0) is 14.6 Å². The second kappa shape index (κ2) is 9.62. The minimum Gasteiger partial charge on any atom is -0.493 e. The molecule has 0 saturated heterocycles. The van der Waals surface area contributed by atoms with Crippen molar-refractivity contribution in [1.29, 1.82) is 0 Å². The second-order valence-electron chi connectivity index (χ2n) is 6.22. The predicted octanol–water partition coefficient (Wildman–Crippen LogP) is 1.31. The first kappa shape index (κ1) is 21.2. The van der Waals surface area contributed by atoms with E-state index in [0.29, 0.717) is 11.5 Å². The number of hydrogen-bond acceptors (Lipinski definition) is 6. The van der Waals surface area contributed by atoms with Crippen LogP contribution < -0.4 is 14.8 Å². The van der Waals surface area contributed by atoms with Crippen LogP contribution in [0.1, 0.15) is 32.4 Å². The summed E-state index contributed by atoms with van der Waals surface area (Å²) in [6.45, 7) is 5.39. The van der Waals surface area contributed by atoms with Gasteiger partial charge in [0.2, 0.25) is 5.91 Å². The third kappa shape index (κ3) is 7.31. The highest BCUT2D eigenvalue weighted by molar-refractivity contribution is 7.92. The number of rotatable bonds is 10. The molecule has 1 amide bonds. The summed E-state index contributed by atoms with van der Waals surface area (Å²) in [5, 5.41) is 11.5. The van der Waals surface area contributed by atoms with Crippen LogP contribution in [0.4, 0.5) is 0 Å². The van der Waals surface area contributed by atoms with E-state index in [4.69, 9.17) is 14.6 Å². The summed E-state index contributed by atoms with van der Waals surface area (Å²) < 4.78 is 34.4. The van der Waals surface area contributed by atoms with Crippen LogP contribution in [0.2, 0.25) is 0 Å². The number of nitrogens with one attached hydrogen (secondary N) is 1. The van der Waals surface area contributed by atoms with Crippen molar-refractivity contribution in [2.24, 2.45) is 5.92 Å². The zero-order valence-corrected chi connectivity index (χ0v) is 15.9. The molecule has 2 N–H and O–H groups in total. The van der Waals surface area contributed by atoms with Crippen molar-refractivity contribution in [3.05, 3.63) is 23.8 Å². The monoisotopic (exact) mass is 373 g/mol. The molecule has 0 fully saturated rings. The molecule has 1 aromatic carbocycles. The minimum atomic E-state index is -3.42. The normalized spacial score (nSPS) is 12.7. The van der Waals surface area contributed by atoms with E-state index < -0.39 is 21.5 Å². The van der Waals surface area contributed by atoms with Gasteiger partial charge in [-0.25, -0.2) is 8.42 Å². The van der Waals surface area contributed by atoms with Gasteiger partial charge in [0.1, 0.15) is 12.4 Å². The molecule has 1 rings (SSSR count). The third-order valence-electron chi connectivity index (χ3n) is 3.35. The summed E-state index contributed by atoms with van der Waals surface area (Å²) in [5.41, 5.74) is 0.753. The fraction of sp³-hybridized carbons (Fsp3) is 0.588. The smallest absolute Gasteiger partial charge is 0.235 e. The molecule has 0 unspecified atom stereocenters. The van der Waals surface area contributed by atoms with Crippen molar-refractivity contribution in [2.75, 3.05) is 31.8 Å². The lowest BCUT2D eigenvalue weighted by molar-refractivity contribution is -0.119. The molecule has 0 aliphatic carbocycles. The first-order chi connectivity index (χ1) is 11.7. The predicted molar refractivity (Wildman–Crippen MR) is 95.6 cm³/mol. The Balaban J connectivity index is 2.76. The van der Waals surface area contributed by atoms with Gasteiger partial charge in [0, 0.05) is 0 Å². The molecule has 0 heterocycles. The first-order valence-corrected chi connectivity index (χ1v) is 9.92. The Morgan fingerprint density at radius 1 is 1.24 bits per heavy atom. The van der Waals surface area contributed by atoms with E-state index in [1.807, 2.05) is 0 Å². The molecule has 25 heavy (non-hydrogen) atoms. The van der Waals surface area contributed by atoms with Crippen molar-refractivity contribution in [2.45, 2.75) is 26.8 Å². The molecule has 0 aliphatic heterocycles. The zero-order valence-electron chi connectivity index (χ0n) is 15.1. The number of carbonyl (C=O) groups excluding carboxylic acids is 1. The van der Waals surface area contributed by atoms with Gasteiger partial charge in [-0.05, 0) is 30.5 Å². The second-order valence-corrected chi connectivity index (χ2v) is 8.33. The van der Waals surface area contributed by atoms with E-state index in [0.717, 1.165) is 5.56 Å². The molecular weight excluding hydrogens is 346 g/mol. The summed E-state index contributed by atoms with van der Waals surface area (Å²) in [5.74, 6) is -0.138. The van der Waals surface area contributed by atoms with Crippen molar-refractivity contribution in [3.8, 4) is 11.5 Å². The molecule has 142 valence electrons. The molecule has 1 atom stereocenters. The average Bonchev–Trinajstić information content (AvgIpc) is 2.50. The summed E-state index contributed by atoms with van der Waals surface area (Å²) in [6.07, 6.45) is 0. The minimum absolute atomic E-state index is 0.0144. The van der Waals surface area contributed by atoms with E-state index in [9.17, 15) is 13.2 Å². The lowest BCUT2D eigenvalue weighted by atomic mass is 10.1. The van der Waals surface area contributed by atoms with E-state index in [-0.39, 0.29) is 30.9 Å². The Morgan fingerprint density at radius 3 is 2.48 bits per heavy atom. The van der Waals surface area contributed by atoms with Gasteiger partial charge in [0.15, 0.2) is 21.3 Å². The van der Waals surface area contributed by atoms with Crippen LogP contribution in [0.15, 0.2) is 18.2 Å². The van der Waals surface area contributed by atoms with Gasteiger partial charge in [0.25, 0.3) is 0 Å². The maximum absolute atomic E-state index is 12.0. The first-order valence-electron chi connectivity index (χ1n) is 8.10. The number of benzene rings is 1. The Kier molecular flexibility index (Phi) is 8.18. The fourth-order valence-corrected chi connectivity index (χ4v) is 3.98. The maximum Gasteiger partial charge on any atom is 0.235 e. The molecule has 8 heteroatoms. The van der Waals surface area contributed by atoms with Gasteiger partial charge in [-0.2, -0.15) is 0 Å². The molecule has 0 bridgehead atoms. The third-order valence-corrected chi connectivity index (χ3v) is 5.23. The lowest BCUT2D eigenvalue weighted by Crippen LogP contribution is -2.33. The molecule has 0 spiro atoms. The Bertz CT molecular complexity index is 672. The number of methoxy groups -OCH3 is 1. The largest absolute Gasteiger partial charge is 0.493 e. The van der Waals surface area contributed by atoms with Gasteiger partial charge in [-0.15, -0.1) is 0 Å². The van der Waals surface area contributed by atoms with Crippen LogP contribution in [0.25, 0.3) is 0 Å². The van der Waals surface area contributed by atoms with Gasteiger partial charge in [0.05, 0.1) is 25.5 Å². The number of amides is 1. The number of aliphatic hydroxyl groups is 1. The number of ether oxygens (including phenoxy) is 2. The molecule has 0 radical (unpaired) electrons. The maximum atomic E-state index is 12.0. The van der Waals surface area contributed by atoms with Crippen molar-refractivity contribution in [3.63, 3.8) is 0 Å². The van der Waals surface area contributed by atoms with E-state index in [2.05, 4.69) is 5.32 Å². The Labute approximate surface area is 149 Å². The SMILES string of the molecule is COc1cc([C@@H](C)NC(=O)CS(=O)(=O)CC(C)C)ccc1OCCO.